The Bertz CT molecular complexity index is 1270. The van der Waals surface area contributed by atoms with Gasteiger partial charge in [-0.15, -0.1) is 0 Å². The van der Waals surface area contributed by atoms with Gasteiger partial charge in [0, 0.05) is 12.6 Å². The lowest BCUT2D eigenvalue weighted by molar-refractivity contribution is -0.113. The first-order chi connectivity index (χ1) is 15.9. The first-order valence-electron chi connectivity index (χ1n) is 10.3. The van der Waals surface area contributed by atoms with Gasteiger partial charge in [-0.05, 0) is 48.5 Å². The number of aliphatic imine (C=N–C) groups is 1. The summed E-state index contributed by atoms with van der Waals surface area (Å²) in [6.07, 6.45) is 1.75. The molecule has 0 atom stereocenters. The minimum atomic E-state index is -1.04. The van der Waals surface area contributed by atoms with Crippen molar-refractivity contribution in [2.75, 3.05) is 11.9 Å². The number of carbonyl (C=O) groups is 2. The number of anilines is 1. The van der Waals surface area contributed by atoms with Crippen molar-refractivity contribution < 1.29 is 19.4 Å². The summed E-state index contributed by atoms with van der Waals surface area (Å²) in [5.41, 5.74) is 3.62. The van der Waals surface area contributed by atoms with Crippen LogP contribution in [0.1, 0.15) is 27.0 Å². The van der Waals surface area contributed by atoms with E-state index in [1.807, 2.05) is 55.5 Å². The van der Waals surface area contributed by atoms with Gasteiger partial charge < -0.3 is 14.7 Å². The molecule has 166 valence electrons. The zero-order chi connectivity index (χ0) is 23.4. The van der Waals surface area contributed by atoms with E-state index < -0.39 is 5.97 Å². The Morgan fingerprint density at radius 3 is 2.52 bits per heavy atom. The Kier molecular flexibility index (Phi) is 6.60. The molecule has 0 unspecified atom stereocenters. The molecule has 0 radical (unpaired) electrons. The van der Waals surface area contributed by atoms with Crippen molar-refractivity contribution in [1.29, 1.82) is 0 Å². The molecule has 0 saturated heterocycles. The van der Waals surface area contributed by atoms with Crippen LogP contribution >= 0.6 is 11.8 Å². The average Bonchev–Trinajstić information content (AvgIpc) is 3.19. The molecule has 33 heavy (non-hydrogen) atoms. The molecule has 0 aliphatic carbocycles. The van der Waals surface area contributed by atoms with Crippen LogP contribution < -0.4 is 9.64 Å². The molecule has 3 aromatic rings. The highest BCUT2D eigenvalue weighted by molar-refractivity contribution is 8.18. The molecule has 0 fully saturated rings. The predicted molar refractivity (Wildman–Crippen MR) is 132 cm³/mol. The Balaban J connectivity index is 1.53. The molecule has 6 nitrogen and oxygen atoms in total. The van der Waals surface area contributed by atoms with Gasteiger partial charge >= 0.3 is 5.97 Å². The Morgan fingerprint density at radius 2 is 1.76 bits per heavy atom. The van der Waals surface area contributed by atoms with Crippen molar-refractivity contribution in [1.82, 2.24) is 0 Å². The van der Waals surface area contributed by atoms with E-state index in [9.17, 15) is 14.7 Å². The molecule has 0 aromatic heterocycles. The topological polar surface area (TPSA) is 79.2 Å². The molecular formula is C26H22N2O4S. The first kappa shape index (κ1) is 22.4. The maximum absolute atomic E-state index is 12.6. The smallest absolute Gasteiger partial charge is 0.337 e. The summed E-state index contributed by atoms with van der Waals surface area (Å²) in [5, 5.41) is 9.88. The largest absolute Gasteiger partial charge is 0.488 e. The van der Waals surface area contributed by atoms with Crippen LogP contribution in [0, 0.1) is 6.92 Å². The molecule has 1 heterocycles. The third kappa shape index (κ3) is 5.15. The molecule has 1 aliphatic rings. The van der Waals surface area contributed by atoms with Crippen molar-refractivity contribution in [2.45, 2.75) is 13.5 Å². The van der Waals surface area contributed by atoms with Crippen LogP contribution in [0.2, 0.25) is 0 Å². The number of carbonyl (C=O) groups excluding carboxylic acids is 1. The summed E-state index contributed by atoms with van der Waals surface area (Å²) >= 11 is 1.20. The molecular weight excluding hydrogens is 436 g/mol. The van der Waals surface area contributed by atoms with E-state index in [2.05, 4.69) is 4.99 Å². The van der Waals surface area contributed by atoms with Gasteiger partial charge in [0.1, 0.15) is 12.4 Å². The number of aromatic carboxylic acids is 1. The van der Waals surface area contributed by atoms with Gasteiger partial charge in [-0.25, -0.2) is 4.79 Å². The number of carboxylic acid groups (broad SMARTS) is 1. The predicted octanol–water partition coefficient (Wildman–Crippen LogP) is 5.38. The fourth-order valence-corrected chi connectivity index (χ4v) is 4.19. The quantitative estimate of drug-likeness (QED) is 0.500. The Labute approximate surface area is 196 Å². The van der Waals surface area contributed by atoms with Gasteiger partial charge in [0.25, 0.3) is 5.91 Å². The number of hydrogen-bond donors (Lipinski definition) is 1. The first-order valence-corrected chi connectivity index (χ1v) is 11.1. The SMILES string of the molecule is Cc1ccc(COc2ccccc2/C=C2\SC(N(C)c3ccccc3C(=O)O)=NC2=O)cc1. The van der Waals surface area contributed by atoms with Gasteiger partial charge in [-0.1, -0.05) is 60.2 Å². The number of nitrogens with zero attached hydrogens (tertiary/aromatic N) is 2. The zero-order valence-electron chi connectivity index (χ0n) is 18.2. The maximum atomic E-state index is 12.6. The Morgan fingerprint density at radius 1 is 1.06 bits per heavy atom. The normalized spacial score (nSPS) is 14.3. The molecule has 1 N–H and O–H groups in total. The number of ether oxygens (including phenoxy) is 1. The fraction of sp³-hybridized carbons (Fsp3) is 0.115. The molecule has 4 rings (SSSR count). The van der Waals surface area contributed by atoms with Crippen molar-refractivity contribution in [3.05, 3.63) is 100.0 Å². The summed E-state index contributed by atoms with van der Waals surface area (Å²) < 4.78 is 6.02. The number of rotatable bonds is 6. The highest BCUT2D eigenvalue weighted by Gasteiger charge is 2.27. The zero-order valence-corrected chi connectivity index (χ0v) is 19.0. The lowest BCUT2D eigenvalue weighted by Crippen LogP contribution is -2.24. The second kappa shape index (κ2) is 9.75. The maximum Gasteiger partial charge on any atom is 0.337 e. The van der Waals surface area contributed by atoms with Crippen LogP contribution in [0.4, 0.5) is 5.69 Å². The summed E-state index contributed by atoms with van der Waals surface area (Å²) in [6.45, 7) is 2.45. The van der Waals surface area contributed by atoms with Crippen LogP contribution in [0.5, 0.6) is 5.75 Å². The third-order valence-corrected chi connectivity index (χ3v) is 6.17. The standard InChI is InChI=1S/C26H22N2O4S/c1-17-11-13-18(14-12-17)16-32-22-10-6-3-7-19(22)15-23-24(29)27-26(33-23)28(2)21-9-5-4-8-20(21)25(30)31/h3-15H,16H2,1-2H3,(H,30,31)/b23-15-. The van der Waals surface area contributed by atoms with Gasteiger partial charge in [0.2, 0.25) is 0 Å². The number of amidine groups is 1. The van der Waals surface area contributed by atoms with E-state index in [0.717, 1.165) is 11.1 Å². The van der Waals surface area contributed by atoms with Crippen molar-refractivity contribution in [3.63, 3.8) is 0 Å². The van der Waals surface area contributed by atoms with Crippen LogP contribution in [-0.4, -0.2) is 29.2 Å². The summed E-state index contributed by atoms with van der Waals surface area (Å²) in [4.78, 5) is 30.4. The van der Waals surface area contributed by atoms with Gasteiger partial charge in [0.15, 0.2) is 5.17 Å². The summed E-state index contributed by atoms with van der Waals surface area (Å²) in [5.74, 6) is -0.747. The number of aryl methyl sites for hydroxylation is 1. The molecule has 3 aromatic carbocycles. The van der Waals surface area contributed by atoms with Crippen LogP contribution in [0.25, 0.3) is 6.08 Å². The van der Waals surface area contributed by atoms with Gasteiger partial charge in [0.05, 0.1) is 16.2 Å². The molecule has 0 spiro atoms. The van der Waals surface area contributed by atoms with E-state index in [1.54, 1.807) is 36.2 Å². The average molecular weight is 459 g/mol. The minimum Gasteiger partial charge on any atom is -0.488 e. The minimum absolute atomic E-state index is 0.142. The Hall–Kier alpha value is -3.84. The second-order valence-corrected chi connectivity index (χ2v) is 8.51. The number of hydrogen-bond acceptors (Lipinski definition) is 5. The van der Waals surface area contributed by atoms with Gasteiger partial charge in [-0.2, -0.15) is 4.99 Å². The molecule has 0 bridgehead atoms. The molecule has 7 heteroatoms. The van der Waals surface area contributed by atoms with E-state index in [0.29, 0.717) is 28.1 Å². The number of benzene rings is 3. The third-order valence-electron chi connectivity index (χ3n) is 5.11. The fourth-order valence-electron chi connectivity index (χ4n) is 3.31. The van der Waals surface area contributed by atoms with Crippen LogP contribution in [0.15, 0.2) is 82.7 Å². The molecule has 1 aliphatic heterocycles. The summed E-state index contributed by atoms with van der Waals surface area (Å²) in [7, 11) is 1.70. The number of thioether (sulfide) groups is 1. The number of para-hydroxylation sites is 2. The lowest BCUT2D eigenvalue weighted by atomic mass is 10.1. The number of amides is 1. The molecule has 1 amide bonds. The van der Waals surface area contributed by atoms with Crippen molar-refractivity contribution in [3.8, 4) is 5.75 Å². The second-order valence-electron chi connectivity index (χ2n) is 7.50. The van der Waals surface area contributed by atoms with Crippen molar-refractivity contribution in [2.24, 2.45) is 4.99 Å². The van der Waals surface area contributed by atoms with Crippen LogP contribution in [-0.2, 0) is 11.4 Å². The van der Waals surface area contributed by atoms with E-state index in [1.165, 1.54) is 23.4 Å². The summed E-state index contributed by atoms with van der Waals surface area (Å²) in [6, 6.07) is 22.3. The van der Waals surface area contributed by atoms with Gasteiger partial charge in [-0.3, -0.25) is 4.79 Å². The lowest BCUT2D eigenvalue weighted by Gasteiger charge is -2.19. The monoisotopic (exact) mass is 458 g/mol. The van der Waals surface area contributed by atoms with Crippen molar-refractivity contribution >= 4 is 40.6 Å². The molecule has 0 saturated carbocycles. The number of carboxylic acids is 1. The highest BCUT2D eigenvalue weighted by Crippen LogP contribution is 2.34. The highest BCUT2D eigenvalue weighted by atomic mass is 32.2. The van der Waals surface area contributed by atoms with E-state index >= 15 is 0 Å². The van der Waals surface area contributed by atoms with E-state index in [-0.39, 0.29) is 11.5 Å². The van der Waals surface area contributed by atoms with Crippen LogP contribution in [0.3, 0.4) is 0 Å². The van der Waals surface area contributed by atoms with E-state index in [4.69, 9.17) is 4.74 Å².